The third kappa shape index (κ3) is 2.91. The van der Waals surface area contributed by atoms with Gasteiger partial charge in [-0.05, 0) is 18.8 Å². The van der Waals surface area contributed by atoms with Crippen molar-refractivity contribution < 1.29 is 8.42 Å². The zero-order valence-electron chi connectivity index (χ0n) is 8.03. The van der Waals surface area contributed by atoms with Crippen molar-refractivity contribution in [3.63, 3.8) is 0 Å². The Hall–Kier alpha value is -0.170. The van der Waals surface area contributed by atoms with E-state index in [-0.39, 0.29) is 6.04 Å². The van der Waals surface area contributed by atoms with Crippen LogP contribution in [0.3, 0.4) is 0 Å². The normalized spacial score (nSPS) is 28.9. The van der Waals surface area contributed by atoms with Crippen LogP contribution < -0.4 is 10.5 Å². The lowest BCUT2D eigenvalue weighted by atomic mass is 9.81. The van der Waals surface area contributed by atoms with Gasteiger partial charge < -0.3 is 5.73 Å². The molecule has 0 saturated heterocycles. The molecule has 1 fully saturated rings. The van der Waals surface area contributed by atoms with E-state index in [1.165, 1.54) is 18.4 Å². The lowest BCUT2D eigenvalue weighted by Gasteiger charge is -2.32. The molecule has 0 amide bonds. The van der Waals surface area contributed by atoms with Crippen LogP contribution >= 0.6 is 0 Å². The minimum absolute atomic E-state index is 0.272. The van der Waals surface area contributed by atoms with E-state index >= 15 is 0 Å². The Morgan fingerprint density at radius 2 is 2.00 bits per heavy atom. The fourth-order valence-corrected chi connectivity index (χ4v) is 2.01. The van der Waals surface area contributed by atoms with Crippen LogP contribution in [0.25, 0.3) is 0 Å². The maximum absolute atomic E-state index is 11.2. The minimum Gasteiger partial charge on any atom is -0.328 e. The van der Waals surface area contributed by atoms with Crippen molar-refractivity contribution in [2.75, 3.05) is 20.6 Å². The van der Waals surface area contributed by atoms with Gasteiger partial charge in [-0.15, -0.1) is 0 Å². The Labute approximate surface area is 79.5 Å². The van der Waals surface area contributed by atoms with E-state index in [9.17, 15) is 8.42 Å². The molecule has 3 N–H and O–H groups in total. The van der Waals surface area contributed by atoms with Crippen LogP contribution in [0.1, 0.15) is 12.8 Å². The van der Waals surface area contributed by atoms with Crippen LogP contribution in [0.5, 0.6) is 0 Å². The van der Waals surface area contributed by atoms with Gasteiger partial charge in [0.1, 0.15) is 0 Å². The van der Waals surface area contributed by atoms with Gasteiger partial charge in [0.2, 0.25) is 0 Å². The molecule has 13 heavy (non-hydrogen) atoms. The van der Waals surface area contributed by atoms with Gasteiger partial charge in [0.15, 0.2) is 0 Å². The molecule has 0 aromatic heterocycles. The topological polar surface area (TPSA) is 75.4 Å². The third-order valence-corrected chi connectivity index (χ3v) is 3.80. The Morgan fingerprint density at radius 3 is 2.38 bits per heavy atom. The number of nitrogens with one attached hydrogen (secondary N) is 1. The van der Waals surface area contributed by atoms with Crippen molar-refractivity contribution in [1.29, 1.82) is 0 Å². The first-order valence-corrected chi connectivity index (χ1v) is 5.78. The summed E-state index contributed by atoms with van der Waals surface area (Å²) >= 11 is 0. The first-order chi connectivity index (χ1) is 5.92. The average Bonchev–Trinajstić information content (AvgIpc) is 1.95. The van der Waals surface area contributed by atoms with Crippen molar-refractivity contribution in [1.82, 2.24) is 9.03 Å². The van der Waals surface area contributed by atoms with E-state index in [4.69, 9.17) is 5.73 Å². The summed E-state index contributed by atoms with van der Waals surface area (Å²) in [5.74, 6) is 0.421. The molecule has 0 spiro atoms. The van der Waals surface area contributed by atoms with Crippen molar-refractivity contribution in [2.45, 2.75) is 18.9 Å². The van der Waals surface area contributed by atoms with Gasteiger partial charge >= 0.3 is 0 Å². The second kappa shape index (κ2) is 3.91. The molecular weight excluding hydrogens is 190 g/mol. The zero-order valence-corrected chi connectivity index (χ0v) is 8.84. The van der Waals surface area contributed by atoms with E-state index in [1.807, 2.05) is 0 Å². The second-order valence-corrected chi connectivity index (χ2v) is 5.70. The van der Waals surface area contributed by atoms with Crippen molar-refractivity contribution in [3.05, 3.63) is 0 Å². The Morgan fingerprint density at radius 1 is 1.46 bits per heavy atom. The van der Waals surface area contributed by atoms with E-state index in [2.05, 4.69) is 4.72 Å². The quantitative estimate of drug-likeness (QED) is 0.628. The molecule has 1 saturated carbocycles. The molecule has 0 heterocycles. The highest BCUT2D eigenvalue weighted by molar-refractivity contribution is 7.87. The molecular formula is C7H17N3O2S. The summed E-state index contributed by atoms with van der Waals surface area (Å²) < 4.78 is 26.2. The highest BCUT2D eigenvalue weighted by Gasteiger charge is 2.27. The average molecular weight is 207 g/mol. The first-order valence-electron chi connectivity index (χ1n) is 4.34. The predicted molar refractivity (Wildman–Crippen MR) is 51.3 cm³/mol. The number of nitrogens with two attached hydrogens (primary N) is 1. The van der Waals surface area contributed by atoms with E-state index in [0.29, 0.717) is 12.5 Å². The maximum atomic E-state index is 11.2. The van der Waals surface area contributed by atoms with Gasteiger partial charge in [0.25, 0.3) is 10.2 Å². The molecule has 0 unspecified atom stereocenters. The molecule has 1 aliphatic rings. The SMILES string of the molecule is CN(C)S(=O)(=O)NCC1CC(N)C1. The Balaban J connectivity index is 2.27. The Kier molecular flexibility index (Phi) is 3.28. The maximum Gasteiger partial charge on any atom is 0.278 e. The third-order valence-electron chi connectivity index (χ3n) is 2.31. The fraction of sp³-hybridized carbons (Fsp3) is 1.00. The number of nitrogens with zero attached hydrogens (tertiary/aromatic N) is 1. The van der Waals surface area contributed by atoms with Crippen molar-refractivity contribution >= 4 is 10.2 Å². The van der Waals surface area contributed by atoms with Gasteiger partial charge in [-0.1, -0.05) is 0 Å². The van der Waals surface area contributed by atoms with E-state index in [1.54, 1.807) is 0 Å². The Bertz CT molecular complexity index is 257. The van der Waals surface area contributed by atoms with Crippen molar-refractivity contribution in [3.8, 4) is 0 Å². The van der Waals surface area contributed by atoms with Gasteiger partial charge in [-0.3, -0.25) is 0 Å². The second-order valence-electron chi connectivity index (χ2n) is 3.73. The first kappa shape index (κ1) is 10.9. The molecule has 0 radical (unpaired) electrons. The van der Waals surface area contributed by atoms with E-state index < -0.39 is 10.2 Å². The molecule has 78 valence electrons. The summed E-state index contributed by atoms with van der Waals surface area (Å²) in [6.45, 7) is 0.508. The molecule has 0 aromatic rings. The predicted octanol–water partition coefficient (Wildman–Crippen LogP) is -0.880. The summed E-state index contributed by atoms with van der Waals surface area (Å²) in [5, 5.41) is 0. The van der Waals surface area contributed by atoms with Crippen LogP contribution in [-0.4, -0.2) is 39.4 Å². The lowest BCUT2D eigenvalue weighted by molar-refractivity contribution is 0.266. The van der Waals surface area contributed by atoms with Crippen LogP contribution in [0.15, 0.2) is 0 Å². The molecule has 0 aliphatic heterocycles. The fourth-order valence-electron chi connectivity index (χ4n) is 1.31. The molecule has 0 atom stereocenters. The molecule has 5 nitrogen and oxygen atoms in total. The van der Waals surface area contributed by atoms with E-state index in [0.717, 1.165) is 12.8 Å². The summed E-state index contributed by atoms with van der Waals surface area (Å²) in [5.41, 5.74) is 5.58. The van der Waals surface area contributed by atoms with Gasteiger partial charge in [-0.2, -0.15) is 12.7 Å². The van der Waals surface area contributed by atoms with Gasteiger partial charge in [-0.25, -0.2) is 4.72 Å². The van der Waals surface area contributed by atoms with Gasteiger partial charge in [0, 0.05) is 26.7 Å². The van der Waals surface area contributed by atoms with Gasteiger partial charge in [0.05, 0.1) is 0 Å². The minimum atomic E-state index is -3.24. The zero-order chi connectivity index (χ0) is 10.1. The number of hydrogen-bond donors (Lipinski definition) is 2. The smallest absolute Gasteiger partial charge is 0.278 e. The van der Waals surface area contributed by atoms with Crippen LogP contribution in [0, 0.1) is 5.92 Å². The summed E-state index contributed by atoms with van der Waals surface area (Å²) in [4.78, 5) is 0. The monoisotopic (exact) mass is 207 g/mol. The molecule has 1 aliphatic carbocycles. The highest BCUT2D eigenvalue weighted by atomic mass is 32.2. The summed E-state index contributed by atoms with van der Waals surface area (Å²) in [7, 11) is -0.227. The molecule has 0 aromatic carbocycles. The lowest BCUT2D eigenvalue weighted by Crippen LogP contribution is -2.45. The highest BCUT2D eigenvalue weighted by Crippen LogP contribution is 2.24. The summed E-state index contributed by atoms with van der Waals surface area (Å²) in [6.07, 6.45) is 1.85. The molecule has 0 bridgehead atoms. The number of rotatable bonds is 4. The van der Waals surface area contributed by atoms with Crippen LogP contribution in [0.2, 0.25) is 0 Å². The van der Waals surface area contributed by atoms with Crippen LogP contribution in [0.4, 0.5) is 0 Å². The molecule has 1 rings (SSSR count). The summed E-state index contributed by atoms with van der Waals surface area (Å²) in [6, 6.07) is 0.272. The van der Waals surface area contributed by atoms with Crippen LogP contribution in [-0.2, 0) is 10.2 Å². The molecule has 6 heteroatoms. The van der Waals surface area contributed by atoms with Crippen molar-refractivity contribution in [2.24, 2.45) is 11.7 Å². The standard InChI is InChI=1S/C7H17N3O2S/c1-10(2)13(11,12)9-5-6-3-7(8)4-6/h6-7,9H,3-5,8H2,1-2H3. The largest absolute Gasteiger partial charge is 0.328 e. The number of hydrogen-bond acceptors (Lipinski definition) is 3.